The Labute approximate surface area is 158 Å². The number of carbonyl (C=O) groups excluding carboxylic acids is 1. The first kappa shape index (κ1) is 17.7. The van der Waals surface area contributed by atoms with Gasteiger partial charge in [0.2, 0.25) is 5.91 Å². The Morgan fingerprint density at radius 3 is 3.08 bits per heavy atom. The summed E-state index contributed by atoms with van der Waals surface area (Å²) in [5, 5.41) is 9.11. The zero-order chi connectivity index (χ0) is 17.9. The Morgan fingerprint density at radius 1 is 1.38 bits per heavy atom. The molecule has 1 fully saturated rings. The number of amides is 1. The minimum absolute atomic E-state index is 0.0783. The Bertz CT molecular complexity index is 738. The van der Waals surface area contributed by atoms with E-state index in [4.69, 9.17) is 4.98 Å². The molecule has 1 atom stereocenters. The SMILES string of the molecule is CN(Cc1nc2c(s1)CCCC2)C(=O)Cn1ccc([C@H]2CCCNC2)n1. The highest BCUT2D eigenvalue weighted by Gasteiger charge is 2.20. The topological polar surface area (TPSA) is 63.1 Å². The lowest BCUT2D eigenvalue weighted by Crippen LogP contribution is -2.30. The van der Waals surface area contributed by atoms with Crippen molar-refractivity contribution in [3.8, 4) is 0 Å². The van der Waals surface area contributed by atoms with Crippen LogP contribution in [0.4, 0.5) is 0 Å². The second-order valence-corrected chi connectivity index (χ2v) is 8.58. The van der Waals surface area contributed by atoms with Gasteiger partial charge in [0, 0.05) is 30.6 Å². The van der Waals surface area contributed by atoms with Gasteiger partial charge in [-0.25, -0.2) is 4.98 Å². The highest BCUT2D eigenvalue weighted by atomic mass is 32.1. The molecule has 2 aromatic heterocycles. The largest absolute Gasteiger partial charge is 0.337 e. The maximum absolute atomic E-state index is 12.6. The van der Waals surface area contributed by atoms with Crippen molar-refractivity contribution < 1.29 is 4.79 Å². The van der Waals surface area contributed by atoms with E-state index in [-0.39, 0.29) is 5.91 Å². The molecule has 4 rings (SSSR count). The van der Waals surface area contributed by atoms with Crippen LogP contribution in [0.25, 0.3) is 0 Å². The standard InChI is InChI=1S/C19H27N5OS/c1-23(12-18-21-16-6-2-3-7-17(16)26-18)19(25)13-24-10-8-15(22-24)14-5-4-9-20-11-14/h8,10,14,20H,2-7,9,11-13H2,1H3/t14-/m0/s1. The van der Waals surface area contributed by atoms with Gasteiger partial charge in [0.05, 0.1) is 17.9 Å². The van der Waals surface area contributed by atoms with Crippen LogP contribution in [0.1, 0.15) is 52.9 Å². The average Bonchev–Trinajstić information content (AvgIpc) is 3.28. The molecule has 6 nitrogen and oxygen atoms in total. The third-order valence-electron chi connectivity index (χ3n) is 5.36. The molecule has 2 aromatic rings. The first-order valence-corrected chi connectivity index (χ1v) is 10.5. The minimum atomic E-state index is 0.0783. The van der Waals surface area contributed by atoms with Crippen molar-refractivity contribution in [2.24, 2.45) is 0 Å². The second-order valence-electron chi connectivity index (χ2n) is 7.42. The van der Waals surface area contributed by atoms with Gasteiger partial charge in [-0.05, 0) is 51.1 Å². The van der Waals surface area contributed by atoms with Crippen LogP contribution in [-0.2, 0) is 30.7 Å². The number of piperidine rings is 1. The molecule has 3 heterocycles. The van der Waals surface area contributed by atoms with E-state index in [0.29, 0.717) is 19.0 Å². The predicted molar refractivity (Wildman–Crippen MR) is 102 cm³/mol. The molecule has 2 aliphatic rings. The summed E-state index contributed by atoms with van der Waals surface area (Å²) in [7, 11) is 1.86. The number of thiazole rings is 1. The van der Waals surface area contributed by atoms with Crippen LogP contribution in [0.3, 0.4) is 0 Å². The Balaban J connectivity index is 1.34. The van der Waals surface area contributed by atoms with Crippen LogP contribution < -0.4 is 5.32 Å². The Hall–Kier alpha value is -1.73. The summed E-state index contributed by atoms with van der Waals surface area (Å²) in [4.78, 5) is 20.5. The van der Waals surface area contributed by atoms with E-state index in [1.165, 1.54) is 36.3 Å². The fourth-order valence-electron chi connectivity index (χ4n) is 3.81. The lowest BCUT2D eigenvalue weighted by atomic mass is 9.97. The Kier molecular flexibility index (Phi) is 5.36. The maximum Gasteiger partial charge on any atom is 0.244 e. The molecule has 1 aliphatic heterocycles. The van der Waals surface area contributed by atoms with Gasteiger partial charge < -0.3 is 10.2 Å². The van der Waals surface area contributed by atoms with Gasteiger partial charge in [-0.2, -0.15) is 5.10 Å². The predicted octanol–water partition coefficient (Wildman–Crippen LogP) is 2.34. The van der Waals surface area contributed by atoms with Crippen LogP contribution in [-0.4, -0.2) is 45.7 Å². The fourth-order valence-corrected chi connectivity index (χ4v) is 5.02. The van der Waals surface area contributed by atoms with Crippen molar-refractivity contribution in [1.82, 2.24) is 25.0 Å². The molecule has 1 saturated heterocycles. The van der Waals surface area contributed by atoms with Gasteiger partial charge in [-0.15, -0.1) is 11.3 Å². The van der Waals surface area contributed by atoms with Crippen LogP contribution in [0.15, 0.2) is 12.3 Å². The molecule has 26 heavy (non-hydrogen) atoms. The Morgan fingerprint density at radius 2 is 2.27 bits per heavy atom. The molecule has 0 unspecified atom stereocenters. The summed E-state index contributed by atoms with van der Waals surface area (Å²) in [6.07, 6.45) is 9.04. The van der Waals surface area contributed by atoms with E-state index >= 15 is 0 Å². The van der Waals surface area contributed by atoms with E-state index in [1.54, 1.807) is 20.9 Å². The van der Waals surface area contributed by atoms with Crippen LogP contribution in [0, 0.1) is 0 Å². The molecule has 0 bridgehead atoms. The number of rotatable bonds is 5. The van der Waals surface area contributed by atoms with Gasteiger partial charge in [0.1, 0.15) is 11.6 Å². The quantitative estimate of drug-likeness (QED) is 0.874. The first-order chi connectivity index (χ1) is 12.7. The van der Waals surface area contributed by atoms with Crippen molar-refractivity contribution in [1.29, 1.82) is 0 Å². The van der Waals surface area contributed by atoms with Crippen molar-refractivity contribution in [3.63, 3.8) is 0 Å². The lowest BCUT2D eigenvalue weighted by molar-refractivity contribution is -0.131. The van der Waals surface area contributed by atoms with Crippen LogP contribution >= 0.6 is 11.3 Å². The van der Waals surface area contributed by atoms with Gasteiger partial charge in [-0.3, -0.25) is 9.48 Å². The van der Waals surface area contributed by atoms with Gasteiger partial charge in [-0.1, -0.05) is 0 Å². The summed E-state index contributed by atoms with van der Waals surface area (Å²) >= 11 is 1.78. The molecular formula is C19H27N5OS. The molecule has 1 N–H and O–H groups in total. The number of aromatic nitrogens is 3. The molecular weight excluding hydrogens is 346 g/mol. The molecule has 140 valence electrons. The highest BCUT2D eigenvalue weighted by Crippen LogP contribution is 2.27. The fraction of sp³-hybridized carbons (Fsp3) is 0.632. The zero-order valence-electron chi connectivity index (χ0n) is 15.4. The average molecular weight is 374 g/mol. The van der Waals surface area contributed by atoms with Crippen LogP contribution in [0.2, 0.25) is 0 Å². The number of nitrogens with zero attached hydrogens (tertiary/aromatic N) is 4. The number of aryl methyl sites for hydroxylation is 2. The van der Waals surface area contributed by atoms with Crippen molar-refractivity contribution in [3.05, 3.63) is 33.5 Å². The summed E-state index contributed by atoms with van der Waals surface area (Å²) in [6.45, 7) is 2.97. The monoisotopic (exact) mass is 373 g/mol. The van der Waals surface area contributed by atoms with E-state index < -0.39 is 0 Å². The molecule has 0 aromatic carbocycles. The van der Waals surface area contributed by atoms with Gasteiger partial charge in [0.15, 0.2) is 0 Å². The van der Waals surface area contributed by atoms with Crippen molar-refractivity contribution in [2.45, 2.75) is 57.5 Å². The summed E-state index contributed by atoms with van der Waals surface area (Å²) in [5.41, 5.74) is 2.36. The molecule has 1 aliphatic carbocycles. The van der Waals surface area contributed by atoms with E-state index in [1.807, 2.05) is 13.2 Å². The normalized spacial score (nSPS) is 20.0. The third-order valence-corrected chi connectivity index (χ3v) is 6.50. The maximum atomic E-state index is 12.6. The smallest absolute Gasteiger partial charge is 0.244 e. The van der Waals surface area contributed by atoms with Crippen LogP contribution in [0.5, 0.6) is 0 Å². The summed E-state index contributed by atoms with van der Waals surface area (Å²) < 4.78 is 1.77. The molecule has 0 spiro atoms. The van der Waals surface area contributed by atoms with Gasteiger partial charge in [0.25, 0.3) is 0 Å². The number of likely N-dealkylation sites (N-methyl/N-ethyl adjacent to an activating group) is 1. The van der Waals surface area contributed by atoms with E-state index in [9.17, 15) is 4.79 Å². The molecule has 0 radical (unpaired) electrons. The number of hydrogen-bond donors (Lipinski definition) is 1. The molecule has 0 saturated carbocycles. The highest BCUT2D eigenvalue weighted by molar-refractivity contribution is 7.11. The third kappa shape index (κ3) is 3.99. The molecule has 7 heteroatoms. The summed E-state index contributed by atoms with van der Waals surface area (Å²) in [6, 6.07) is 2.06. The van der Waals surface area contributed by atoms with Crippen molar-refractivity contribution in [2.75, 3.05) is 20.1 Å². The number of hydrogen-bond acceptors (Lipinski definition) is 5. The van der Waals surface area contributed by atoms with E-state index in [0.717, 1.165) is 36.6 Å². The summed E-state index contributed by atoms with van der Waals surface area (Å²) in [5.74, 6) is 0.550. The van der Waals surface area contributed by atoms with E-state index in [2.05, 4.69) is 16.5 Å². The zero-order valence-corrected chi connectivity index (χ0v) is 16.2. The lowest BCUT2D eigenvalue weighted by Gasteiger charge is -2.20. The number of carbonyl (C=O) groups is 1. The first-order valence-electron chi connectivity index (χ1n) is 9.64. The number of fused-ring (bicyclic) bond motifs is 1. The minimum Gasteiger partial charge on any atom is -0.337 e. The second kappa shape index (κ2) is 7.88. The number of nitrogens with one attached hydrogen (secondary N) is 1. The van der Waals surface area contributed by atoms with Crippen molar-refractivity contribution >= 4 is 17.2 Å². The van der Waals surface area contributed by atoms with Gasteiger partial charge >= 0.3 is 0 Å². The molecule has 1 amide bonds.